The van der Waals surface area contributed by atoms with E-state index >= 15 is 0 Å². The minimum atomic E-state index is -0.219. The Balaban J connectivity index is 1.85. The highest BCUT2D eigenvalue weighted by Crippen LogP contribution is 2.23. The van der Waals surface area contributed by atoms with Crippen molar-refractivity contribution in [2.24, 2.45) is 5.92 Å². The molecule has 2 unspecified atom stereocenters. The van der Waals surface area contributed by atoms with Crippen LogP contribution >= 0.6 is 0 Å². The summed E-state index contributed by atoms with van der Waals surface area (Å²) in [5.74, 6) is 0.315. The first-order valence-corrected chi connectivity index (χ1v) is 6.60. The first kappa shape index (κ1) is 13.5. The second kappa shape index (κ2) is 5.38. The molecule has 0 bridgehead atoms. The number of β-amino-alcohol motifs (C(OH)–C–C–N with tert-alkyl or cyclic N) is 1. The van der Waals surface area contributed by atoms with Crippen molar-refractivity contribution in [3.63, 3.8) is 0 Å². The van der Waals surface area contributed by atoms with E-state index in [1.54, 1.807) is 0 Å². The van der Waals surface area contributed by atoms with Crippen molar-refractivity contribution in [2.45, 2.75) is 38.8 Å². The Labute approximate surface area is 108 Å². The Bertz CT molecular complexity index is 383. The van der Waals surface area contributed by atoms with E-state index in [1.165, 1.54) is 11.3 Å². The Morgan fingerprint density at radius 1 is 1.44 bits per heavy atom. The van der Waals surface area contributed by atoms with E-state index in [0.29, 0.717) is 12.5 Å². The molecule has 0 radical (unpaired) electrons. The van der Waals surface area contributed by atoms with Crippen LogP contribution in [0.1, 0.15) is 32.0 Å². The van der Waals surface area contributed by atoms with Crippen LogP contribution in [0, 0.1) is 5.92 Å². The molecule has 0 saturated carbocycles. The first-order valence-electron chi connectivity index (χ1n) is 6.60. The van der Waals surface area contributed by atoms with Gasteiger partial charge in [0.25, 0.3) is 0 Å². The third kappa shape index (κ3) is 3.10. The highest BCUT2D eigenvalue weighted by molar-refractivity contribution is 5.23. The molecule has 1 saturated heterocycles. The van der Waals surface area contributed by atoms with E-state index in [4.69, 9.17) is 0 Å². The van der Waals surface area contributed by atoms with Gasteiger partial charge in [-0.05, 0) is 0 Å². The molecule has 1 aromatic heterocycles. The lowest BCUT2D eigenvalue weighted by Crippen LogP contribution is -2.30. The van der Waals surface area contributed by atoms with Crippen LogP contribution in [0.3, 0.4) is 0 Å². The molecule has 0 aliphatic carbocycles. The molecule has 2 atom stereocenters. The van der Waals surface area contributed by atoms with Crippen molar-refractivity contribution in [3.05, 3.63) is 17.5 Å². The highest BCUT2D eigenvalue weighted by atomic mass is 16.3. The van der Waals surface area contributed by atoms with Crippen LogP contribution in [0.15, 0.2) is 6.20 Å². The van der Waals surface area contributed by atoms with Gasteiger partial charge in [-0.1, -0.05) is 20.8 Å². The van der Waals surface area contributed by atoms with Gasteiger partial charge in [-0.2, -0.15) is 5.10 Å². The molecule has 1 aliphatic rings. The lowest BCUT2D eigenvalue weighted by molar-refractivity contribution is 0.146. The smallest absolute Gasteiger partial charge is 0.0716 e. The molecule has 102 valence electrons. The largest absolute Gasteiger partial charge is 0.391 e. The molecular weight excluding hydrogens is 228 g/mol. The summed E-state index contributed by atoms with van der Waals surface area (Å²) in [5, 5.41) is 23.5. The lowest BCUT2D eigenvalue weighted by atomic mass is 9.89. The topological polar surface area (TPSA) is 73.0 Å². The molecule has 2 heterocycles. The van der Waals surface area contributed by atoms with Crippen molar-refractivity contribution in [1.29, 1.82) is 0 Å². The standard InChI is InChI=1S/C13H24N4O/c1-13(2,3)12-10(7-16-17-12)6-14-4-9-5-15-8-11(9)18/h7,9,11,14-15,18H,4-6,8H2,1-3H3,(H,16,17). The Morgan fingerprint density at radius 3 is 2.83 bits per heavy atom. The number of hydrogen-bond acceptors (Lipinski definition) is 4. The summed E-state index contributed by atoms with van der Waals surface area (Å²) >= 11 is 0. The van der Waals surface area contributed by atoms with Crippen LogP contribution in [0.4, 0.5) is 0 Å². The second-order valence-electron chi connectivity index (χ2n) is 6.14. The fourth-order valence-corrected chi connectivity index (χ4v) is 2.41. The number of aliphatic hydroxyl groups excluding tert-OH is 1. The normalized spacial score (nSPS) is 24.7. The van der Waals surface area contributed by atoms with Crippen LogP contribution in [0.2, 0.25) is 0 Å². The van der Waals surface area contributed by atoms with Crippen molar-refractivity contribution in [2.75, 3.05) is 19.6 Å². The van der Waals surface area contributed by atoms with Gasteiger partial charge in [0.1, 0.15) is 0 Å². The summed E-state index contributed by atoms with van der Waals surface area (Å²) in [6, 6.07) is 0. The molecule has 5 nitrogen and oxygen atoms in total. The maximum absolute atomic E-state index is 9.71. The first-order chi connectivity index (χ1) is 8.48. The monoisotopic (exact) mass is 252 g/mol. The van der Waals surface area contributed by atoms with E-state index in [1.807, 2.05) is 6.20 Å². The van der Waals surface area contributed by atoms with Gasteiger partial charge >= 0.3 is 0 Å². The zero-order valence-electron chi connectivity index (χ0n) is 11.5. The fourth-order valence-electron chi connectivity index (χ4n) is 2.41. The molecule has 0 amide bonds. The summed E-state index contributed by atoms with van der Waals surface area (Å²) in [5.41, 5.74) is 2.48. The predicted molar refractivity (Wildman–Crippen MR) is 71.4 cm³/mol. The molecule has 0 aromatic carbocycles. The van der Waals surface area contributed by atoms with E-state index < -0.39 is 0 Å². The maximum Gasteiger partial charge on any atom is 0.0716 e. The minimum Gasteiger partial charge on any atom is -0.391 e. The lowest BCUT2D eigenvalue weighted by Gasteiger charge is -2.19. The van der Waals surface area contributed by atoms with E-state index in [0.717, 1.165) is 19.6 Å². The SMILES string of the molecule is CC(C)(C)c1[nH]ncc1CNCC1CNCC1O. The maximum atomic E-state index is 9.71. The summed E-state index contributed by atoms with van der Waals surface area (Å²) < 4.78 is 0. The average Bonchev–Trinajstić information content (AvgIpc) is 2.87. The third-order valence-corrected chi connectivity index (χ3v) is 3.49. The zero-order chi connectivity index (χ0) is 13.2. The van der Waals surface area contributed by atoms with Crippen LogP contribution in [-0.2, 0) is 12.0 Å². The molecule has 18 heavy (non-hydrogen) atoms. The molecule has 1 aliphatic heterocycles. The molecular formula is C13H24N4O. The minimum absolute atomic E-state index is 0.0853. The molecule has 2 rings (SSSR count). The van der Waals surface area contributed by atoms with Gasteiger partial charge in [-0.15, -0.1) is 0 Å². The van der Waals surface area contributed by atoms with E-state index in [-0.39, 0.29) is 11.5 Å². The number of H-pyrrole nitrogens is 1. The van der Waals surface area contributed by atoms with Gasteiger partial charge in [-0.3, -0.25) is 5.10 Å². The van der Waals surface area contributed by atoms with Gasteiger partial charge in [0.2, 0.25) is 0 Å². The van der Waals surface area contributed by atoms with Gasteiger partial charge in [-0.25, -0.2) is 0 Å². The van der Waals surface area contributed by atoms with Crippen LogP contribution in [0.5, 0.6) is 0 Å². The molecule has 1 fully saturated rings. The van der Waals surface area contributed by atoms with Crippen LogP contribution in [-0.4, -0.2) is 41.0 Å². The highest BCUT2D eigenvalue weighted by Gasteiger charge is 2.25. The predicted octanol–water partition coefficient (Wildman–Crippen LogP) is 0.377. The van der Waals surface area contributed by atoms with Gasteiger partial charge in [0, 0.05) is 48.8 Å². The van der Waals surface area contributed by atoms with Gasteiger partial charge < -0.3 is 15.7 Å². The summed E-state index contributed by atoms with van der Waals surface area (Å²) in [7, 11) is 0. The summed E-state index contributed by atoms with van der Waals surface area (Å²) in [4.78, 5) is 0. The zero-order valence-corrected chi connectivity index (χ0v) is 11.5. The molecule has 5 heteroatoms. The number of aliphatic hydroxyl groups is 1. The Kier molecular flexibility index (Phi) is 4.04. The molecule has 4 N–H and O–H groups in total. The number of nitrogens with zero attached hydrogens (tertiary/aromatic N) is 1. The molecule has 0 spiro atoms. The van der Waals surface area contributed by atoms with Crippen molar-refractivity contribution in [3.8, 4) is 0 Å². The average molecular weight is 252 g/mol. The second-order valence-corrected chi connectivity index (χ2v) is 6.14. The number of nitrogens with one attached hydrogen (secondary N) is 3. The number of hydrogen-bond donors (Lipinski definition) is 4. The number of rotatable bonds is 4. The van der Waals surface area contributed by atoms with Gasteiger partial charge in [0.05, 0.1) is 12.3 Å². The van der Waals surface area contributed by atoms with Crippen LogP contribution in [0.25, 0.3) is 0 Å². The number of aromatic amines is 1. The van der Waals surface area contributed by atoms with Crippen molar-refractivity contribution >= 4 is 0 Å². The summed E-state index contributed by atoms with van der Waals surface area (Å²) in [6.45, 7) is 9.77. The van der Waals surface area contributed by atoms with Crippen LogP contribution < -0.4 is 10.6 Å². The Hall–Kier alpha value is -0.910. The molecule has 1 aromatic rings. The van der Waals surface area contributed by atoms with E-state index in [9.17, 15) is 5.11 Å². The fraction of sp³-hybridized carbons (Fsp3) is 0.769. The number of aromatic nitrogens is 2. The van der Waals surface area contributed by atoms with Gasteiger partial charge in [0.15, 0.2) is 0 Å². The summed E-state index contributed by atoms with van der Waals surface area (Å²) in [6.07, 6.45) is 1.67. The van der Waals surface area contributed by atoms with Crippen molar-refractivity contribution < 1.29 is 5.11 Å². The third-order valence-electron chi connectivity index (χ3n) is 3.49. The quantitative estimate of drug-likeness (QED) is 0.625. The van der Waals surface area contributed by atoms with E-state index in [2.05, 4.69) is 41.6 Å². The Morgan fingerprint density at radius 2 is 2.22 bits per heavy atom. The van der Waals surface area contributed by atoms with Crippen molar-refractivity contribution in [1.82, 2.24) is 20.8 Å².